The fourth-order valence-electron chi connectivity index (χ4n) is 3.00. The third kappa shape index (κ3) is 5.92. The molecule has 0 aromatic carbocycles. The number of aryl methyl sites for hydroxylation is 2. The highest BCUT2D eigenvalue weighted by molar-refractivity contribution is 7.99. The van der Waals surface area contributed by atoms with Gasteiger partial charge in [0.05, 0.1) is 23.5 Å². The molecule has 0 fully saturated rings. The molecule has 0 bridgehead atoms. The zero-order valence-electron chi connectivity index (χ0n) is 15.3. The van der Waals surface area contributed by atoms with E-state index in [2.05, 4.69) is 20.6 Å². The van der Waals surface area contributed by atoms with E-state index < -0.39 is 0 Å². The van der Waals surface area contributed by atoms with E-state index in [1.165, 1.54) is 22.2 Å². The van der Waals surface area contributed by atoms with Crippen molar-refractivity contribution in [3.63, 3.8) is 0 Å². The number of fused-ring (bicyclic) bond motifs is 3. The average Bonchev–Trinajstić information content (AvgIpc) is 3.18. The fourth-order valence-corrected chi connectivity index (χ4v) is 5.00. The Hall–Kier alpha value is -1.13. The van der Waals surface area contributed by atoms with Gasteiger partial charge >= 0.3 is 0 Å². The van der Waals surface area contributed by atoms with Crippen LogP contribution in [-0.4, -0.2) is 55.0 Å². The van der Waals surface area contributed by atoms with Gasteiger partial charge in [-0.3, -0.25) is 9.59 Å². The van der Waals surface area contributed by atoms with Gasteiger partial charge in [-0.25, -0.2) is 4.98 Å². The molecule has 0 saturated heterocycles. The molecule has 0 atom stereocenters. The summed E-state index contributed by atoms with van der Waals surface area (Å²) in [6.07, 6.45) is 3.17. The first kappa shape index (κ1) is 22.2. The van der Waals surface area contributed by atoms with Crippen LogP contribution in [0.25, 0.3) is 10.2 Å². The fraction of sp³-hybridized carbons (Fsp3) is 0.588. The van der Waals surface area contributed by atoms with Crippen LogP contribution < -0.4 is 16.2 Å². The first-order valence-electron chi connectivity index (χ1n) is 8.76. The van der Waals surface area contributed by atoms with Crippen LogP contribution in [0.2, 0.25) is 0 Å². The largest absolute Gasteiger partial charge is 0.383 e. The number of carbonyl (C=O) groups is 1. The second-order valence-corrected chi connectivity index (χ2v) is 8.20. The smallest absolute Gasteiger partial charge is 0.259 e. The van der Waals surface area contributed by atoms with E-state index in [0.717, 1.165) is 36.0 Å². The second kappa shape index (κ2) is 11.0. The average molecular weight is 433 g/mol. The molecular weight excluding hydrogens is 408 g/mol. The van der Waals surface area contributed by atoms with E-state index in [-0.39, 0.29) is 23.9 Å². The van der Waals surface area contributed by atoms with Crippen molar-refractivity contribution in [2.24, 2.45) is 0 Å². The molecule has 2 aromatic heterocycles. The number of rotatable bonds is 10. The van der Waals surface area contributed by atoms with Crippen LogP contribution in [0.5, 0.6) is 0 Å². The van der Waals surface area contributed by atoms with Gasteiger partial charge in [0.1, 0.15) is 10.7 Å². The van der Waals surface area contributed by atoms with Crippen LogP contribution in [0.1, 0.15) is 22.7 Å². The topological polar surface area (TPSA) is 96.1 Å². The van der Waals surface area contributed by atoms with Crippen LogP contribution in [-0.2, 0) is 28.1 Å². The van der Waals surface area contributed by atoms with Crippen molar-refractivity contribution in [2.45, 2.75) is 25.0 Å². The Labute approximate surface area is 172 Å². The number of thioether (sulfide) groups is 1. The number of aromatic amines is 1. The van der Waals surface area contributed by atoms with Gasteiger partial charge in [0, 0.05) is 31.6 Å². The molecular formula is C17H25ClN4O3S2. The predicted octanol–water partition coefficient (Wildman–Crippen LogP) is 1.48. The highest BCUT2D eigenvalue weighted by Gasteiger charge is 2.21. The summed E-state index contributed by atoms with van der Waals surface area (Å²) in [6.45, 7) is 2.74. The molecule has 1 aliphatic carbocycles. The van der Waals surface area contributed by atoms with Crippen LogP contribution in [0.4, 0.5) is 0 Å². The molecule has 0 spiro atoms. The third-order valence-corrected chi connectivity index (χ3v) is 6.33. The zero-order valence-corrected chi connectivity index (χ0v) is 17.7. The Morgan fingerprint density at radius 3 is 3.00 bits per heavy atom. The molecule has 150 valence electrons. The number of carbonyl (C=O) groups excluding carboxylic acids is 1. The van der Waals surface area contributed by atoms with Gasteiger partial charge in [-0.1, -0.05) is 0 Å². The minimum absolute atomic E-state index is 0. The van der Waals surface area contributed by atoms with Crippen molar-refractivity contribution in [1.29, 1.82) is 0 Å². The van der Waals surface area contributed by atoms with E-state index in [1.54, 1.807) is 18.4 Å². The quantitative estimate of drug-likeness (QED) is 0.492. The Bertz CT molecular complexity index is 824. The summed E-state index contributed by atoms with van der Waals surface area (Å²) < 4.78 is 4.93. The molecule has 0 saturated carbocycles. The Kier molecular flexibility index (Phi) is 9.04. The van der Waals surface area contributed by atoms with E-state index in [9.17, 15) is 9.59 Å². The number of hydrogen-bond acceptors (Lipinski definition) is 7. The van der Waals surface area contributed by atoms with Gasteiger partial charge in [0.2, 0.25) is 5.91 Å². The van der Waals surface area contributed by atoms with Gasteiger partial charge in [0.25, 0.3) is 5.56 Å². The molecule has 7 nitrogen and oxygen atoms in total. The van der Waals surface area contributed by atoms with E-state index in [0.29, 0.717) is 37.0 Å². The molecule has 0 unspecified atom stereocenters. The summed E-state index contributed by atoms with van der Waals surface area (Å²) >= 11 is 3.09. The van der Waals surface area contributed by atoms with E-state index in [1.807, 2.05) is 0 Å². The Balaban J connectivity index is 0.00000261. The summed E-state index contributed by atoms with van der Waals surface area (Å²) in [5.74, 6) is 1.50. The molecule has 27 heavy (non-hydrogen) atoms. The van der Waals surface area contributed by atoms with Gasteiger partial charge in [-0.05, 0) is 24.8 Å². The third-order valence-electron chi connectivity index (χ3n) is 4.20. The number of nitrogens with zero attached hydrogens (tertiary/aromatic N) is 1. The van der Waals surface area contributed by atoms with Crippen molar-refractivity contribution in [3.05, 3.63) is 26.6 Å². The first-order valence-corrected chi connectivity index (χ1v) is 10.7. The molecule has 0 aliphatic heterocycles. The number of H-pyrrole nitrogens is 1. The Morgan fingerprint density at radius 2 is 2.19 bits per heavy atom. The van der Waals surface area contributed by atoms with Crippen molar-refractivity contribution in [1.82, 2.24) is 20.6 Å². The van der Waals surface area contributed by atoms with Crippen molar-refractivity contribution in [2.75, 3.05) is 39.1 Å². The minimum Gasteiger partial charge on any atom is -0.383 e. The van der Waals surface area contributed by atoms with Gasteiger partial charge in [0.15, 0.2) is 0 Å². The van der Waals surface area contributed by atoms with E-state index in [4.69, 9.17) is 4.74 Å². The number of hydrogen-bond donors (Lipinski definition) is 3. The second-order valence-electron chi connectivity index (χ2n) is 6.14. The standard InChI is InChI=1S/C17H24N4O3S2.ClH/c1-24-8-7-18-5-6-19-14(22)10-25-9-13-20-16(23)15-11-3-2-4-12(11)26-17(15)21-13;/h18H,2-10H2,1H3,(H,19,22)(H,20,21,23);1H. The summed E-state index contributed by atoms with van der Waals surface area (Å²) in [5, 5.41) is 6.80. The number of ether oxygens (including phenoxy) is 1. The molecule has 2 aromatic rings. The van der Waals surface area contributed by atoms with Crippen molar-refractivity contribution < 1.29 is 9.53 Å². The number of halogens is 1. The monoisotopic (exact) mass is 432 g/mol. The first-order chi connectivity index (χ1) is 12.7. The SMILES string of the molecule is COCCNCCNC(=O)CSCc1nc2sc3c(c2c(=O)[nH]1)CCC3.Cl. The lowest BCUT2D eigenvalue weighted by Crippen LogP contribution is -2.34. The number of aromatic nitrogens is 2. The van der Waals surface area contributed by atoms with Crippen molar-refractivity contribution >= 4 is 51.6 Å². The predicted molar refractivity (Wildman–Crippen MR) is 113 cm³/mol. The maximum Gasteiger partial charge on any atom is 0.259 e. The van der Waals surface area contributed by atoms with E-state index >= 15 is 0 Å². The Morgan fingerprint density at radius 1 is 1.33 bits per heavy atom. The minimum atomic E-state index is -0.0448. The van der Waals surface area contributed by atoms with Gasteiger partial charge in [-0.15, -0.1) is 35.5 Å². The highest BCUT2D eigenvalue weighted by atomic mass is 35.5. The van der Waals surface area contributed by atoms with Crippen LogP contribution in [0.3, 0.4) is 0 Å². The lowest BCUT2D eigenvalue weighted by molar-refractivity contribution is -0.118. The van der Waals surface area contributed by atoms with Gasteiger partial charge in [-0.2, -0.15) is 0 Å². The molecule has 1 aliphatic rings. The lowest BCUT2D eigenvalue weighted by atomic mass is 10.2. The number of methoxy groups -OCH3 is 1. The molecule has 1 amide bonds. The van der Waals surface area contributed by atoms with Crippen molar-refractivity contribution in [3.8, 4) is 0 Å². The van der Waals surface area contributed by atoms with Crippen LogP contribution in [0, 0.1) is 0 Å². The molecule has 10 heteroatoms. The summed E-state index contributed by atoms with van der Waals surface area (Å²) in [7, 11) is 1.66. The molecule has 0 radical (unpaired) electrons. The zero-order chi connectivity index (χ0) is 18.4. The maximum absolute atomic E-state index is 12.4. The number of thiophene rings is 1. The van der Waals surface area contributed by atoms with Crippen LogP contribution in [0.15, 0.2) is 4.79 Å². The normalized spacial score (nSPS) is 12.8. The highest BCUT2D eigenvalue weighted by Crippen LogP contribution is 2.34. The lowest BCUT2D eigenvalue weighted by Gasteiger charge is -2.06. The maximum atomic E-state index is 12.4. The molecule has 3 rings (SSSR count). The van der Waals surface area contributed by atoms with Gasteiger partial charge < -0.3 is 20.4 Å². The van der Waals surface area contributed by atoms with Crippen LogP contribution >= 0.6 is 35.5 Å². The summed E-state index contributed by atoms with van der Waals surface area (Å²) in [5.41, 5.74) is 1.15. The number of nitrogens with one attached hydrogen (secondary N) is 3. The molecule has 2 heterocycles. The number of amides is 1. The molecule has 3 N–H and O–H groups in total. The summed E-state index contributed by atoms with van der Waals surface area (Å²) in [4.78, 5) is 33.8. The summed E-state index contributed by atoms with van der Waals surface area (Å²) in [6, 6.07) is 0.